The predicted octanol–water partition coefficient (Wildman–Crippen LogP) is -0.475. The second-order valence-corrected chi connectivity index (χ2v) is 4.80. The van der Waals surface area contributed by atoms with Gasteiger partial charge in [0.1, 0.15) is 5.82 Å². The van der Waals surface area contributed by atoms with Crippen LogP contribution in [0.25, 0.3) is 0 Å². The van der Waals surface area contributed by atoms with E-state index in [1.165, 1.54) is 6.20 Å². The molecule has 6 nitrogen and oxygen atoms in total. The predicted molar refractivity (Wildman–Crippen MR) is 68.8 cm³/mol. The monoisotopic (exact) mass is 271 g/mol. The van der Waals surface area contributed by atoms with Gasteiger partial charge in [0.25, 0.3) is 0 Å². The van der Waals surface area contributed by atoms with E-state index in [2.05, 4.69) is 15.3 Å². The molecule has 1 saturated carbocycles. The Morgan fingerprint density at radius 3 is 2.56 bits per heavy atom. The van der Waals surface area contributed by atoms with Gasteiger partial charge < -0.3 is 20.5 Å². The summed E-state index contributed by atoms with van der Waals surface area (Å²) in [7, 11) is -1.64. The molecule has 1 fully saturated rings. The topological polar surface area (TPSA) is 98.5 Å². The first-order valence-corrected chi connectivity index (χ1v) is 6.27. The highest BCUT2D eigenvalue weighted by Gasteiger charge is 2.23. The Hall–Kier alpha value is -0.885. The minimum atomic E-state index is -1.64. The molecule has 1 aromatic heterocycles. The van der Waals surface area contributed by atoms with Crippen molar-refractivity contribution < 1.29 is 15.2 Å². The van der Waals surface area contributed by atoms with Gasteiger partial charge in [0.05, 0.1) is 6.10 Å². The van der Waals surface area contributed by atoms with E-state index in [0.717, 1.165) is 25.7 Å². The molecule has 0 aliphatic heterocycles. The number of hydrogen-bond acceptors (Lipinski definition) is 6. The van der Waals surface area contributed by atoms with Crippen LogP contribution in [0.2, 0.25) is 5.28 Å². The first-order chi connectivity index (χ1) is 8.56. The highest BCUT2D eigenvalue weighted by atomic mass is 35.5. The summed E-state index contributed by atoms with van der Waals surface area (Å²) in [5, 5.41) is 31.0. The van der Waals surface area contributed by atoms with Crippen LogP contribution >= 0.6 is 11.6 Å². The van der Waals surface area contributed by atoms with Crippen LogP contribution < -0.4 is 10.8 Å². The summed E-state index contributed by atoms with van der Waals surface area (Å²) in [6.45, 7) is 0. The second kappa shape index (κ2) is 5.84. The maximum atomic E-state index is 9.43. The van der Waals surface area contributed by atoms with Gasteiger partial charge in [-0.1, -0.05) is 0 Å². The van der Waals surface area contributed by atoms with Gasteiger partial charge in [-0.05, 0) is 37.3 Å². The molecule has 0 radical (unpaired) electrons. The summed E-state index contributed by atoms with van der Waals surface area (Å²) in [5.41, 5.74) is 0.200. The van der Waals surface area contributed by atoms with Gasteiger partial charge in [-0.2, -0.15) is 0 Å². The molecule has 8 heteroatoms. The van der Waals surface area contributed by atoms with Crippen molar-refractivity contribution >= 4 is 30.0 Å². The SMILES string of the molecule is OB(O)c1cnc(Cl)nc1N[C@H]1CC[C@H](O)CC1. The van der Waals surface area contributed by atoms with Crippen LogP contribution in [0, 0.1) is 0 Å². The number of nitrogens with one attached hydrogen (secondary N) is 1. The highest BCUT2D eigenvalue weighted by Crippen LogP contribution is 2.21. The summed E-state index contributed by atoms with van der Waals surface area (Å²) < 4.78 is 0. The smallest absolute Gasteiger partial charge is 0.423 e. The Labute approximate surface area is 110 Å². The first kappa shape index (κ1) is 13.5. The zero-order valence-electron chi connectivity index (χ0n) is 9.75. The van der Waals surface area contributed by atoms with Gasteiger partial charge in [-0.15, -0.1) is 0 Å². The molecule has 0 bridgehead atoms. The number of nitrogens with zero attached hydrogens (tertiary/aromatic N) is 2. The van der Waals surface area contributed by atoms with Gasteiger partial charge >= 0.3 is 7.12 Å². The number of aromatic nitrogens is 2. The molecule has 2 rings (SSSR count). The van der Waals surface area contributed by atoms with Crippen molar-refractivity contribution in [3.05, 3.63) is 11.5 Å². The maximum absolute atomic E-state index is 9.43. The van der Waals surface area contributed by atoms with Crippen LogP contribution in [0.4, 0.5) is 5.82 Å². The molecule has 18 heavy (non-hydrogen) atoms. The molecule has 0 spiro atoms. The summed E-state index contributed by atoms with van der Waals surface area (Å²) in [4.78, 5) is 7.69. The van der Waals surface area contributed by atoms with Crippen LogP contribution in [0.15, 0.2) is 6.20 Å². The Bertz CT molecular complexity index is 413. The fourth-order valence-corrected chi connectivity index (χ4v) is 2.22. The van der Waals surface area contributed by atoms with Crippen molar-refractivity contribution in [2.45, 2.75) is 37.8 Å². The minimum Gasteiger partial charge on any atom is -0.423 e. The van der Waals surface area contributed by atoms with Gasteiger partial charge in [-0.3, -0.25) is 0 Å². The second-order valence-electron chi connectivity index (χ2n) is 4.47. The number of aliphatic hydroxyl groups excluding tert-OH is 1. The summed E-state index contributed by atoms with van der Waals surface area (Å²) in [6.07, 6.45) is 4.13. The van der Waals surface area contributed by atoms with Crippen molar-refractivity contribution in [1.82, 2.24) is 9.97 Å². The molecule has 0 aromatic carbocycles. The van der Waals surface area contributed by atoms with E-state index in [0.29, 0.717) is 5.82 Å². The van der Waals surface area contributed by atoms with E-state index in [1.807, 2.05) is 0 Å². The molecule has 0 saturated heterocycles. The van der Waals surface area contributed by atoms with E-state index < -0.39 is 7.12 Å². The van der Waals surface area contributed by atoms with Crippen LogP contribution in [0.5, 0.6) is 0 Å². The van der Waals surface area contributed by atoms with Crippen LogP contribution in [-0.4, -0.2) is 44.4 Å². The van der Waals surface area contributed by atoms with Gasteiger partial charge in [0.15, 0.2) is 0 Å². The standard InChI is InChI=1S/C10H15BClN3O3/c12-10-13-5-8(11(17)18)9(15-10)14-6-1-3-7(16)4-2-6/h5-7,16-18H,1-4H2,(H,13,14,15)/t6-,7-. The fraction of sp³-hybridized carbons (Fsp3) is 0.600. The number of rotatable bonds is 3. The lowest BCUT2D eigenvalue weighted by Gasteiger charge is -2.27. The molecule has 1 aliphatic rings. The lowest BCUT2D eigenvalue weighted by atomic mass is 9.81. The molecule has 1 aromatic rings. The average Bonchev–Trinajstić information content (AvgIpc) is 2.32. The fourth-order valence-electron chi connectivity index (χ4n) is 2.09. The lowest BCUT2D eigenvalue weighted by molar-refractivity contribution is 0.126. The van der Waals surface area contributed by atoms with E-state index in [1.54, 1.807) is 0 Å². The summed E-state index contributed by atoms with van der Waals surface area (Å²) in [5.74, 6) is 0.339. The summed E-state index contributed by atoms with van der Waals surface area (Å²) >= 11 is 5.70. The molecule has 0 atom stereocenters. The van der Waals surface area contributed by atoms with Crippen LogP contribution in [0.1, 0.15) is 25.7 Å². The number of halogens is 1. The molecule has 0 unspecified atom stereocenters. The molecule has 4 N–H and O–H groups in total. The lowest BCUT2D eigenvalue weighted by Crippen LogP contribution is -2.37. The Kier molecular flexibility index (Phi) is 4.39. The van der Waals surface area contributed by atoms with Gasteiger partial charge in [-0.25, -0.2) is 9.97 Å². The quantitative estimate of drug-likeness (QED) is 0.438. The molecule has 1 aliphatic carbocycles. The Morgan fingerprint density at radius 2 is 1.94 bits per heavy atom. The summed E-state index contributed by atoms with van der Waals surface area (Å²) in [6, 6.07) is 0.150. The van der Waals surface area contributed by atoms with Crippen LogP contribution in [0.3, 0.4) is 0 Å². The minimum absolute atomic E-state index is 0.0535. The molecule has 98 valence electrons. The third-order valence-electron chi connectivity index (χ3n) is 3.10. The largest absolute Gasteiger partial charge is 0.493 e. The first-order valence-electron chi connectivity index (χ1n) is 5.89. The van der Waals surface area contributed by atoms with Crippen molar-refractivity contribution in [1.29, 1.82) is 0 Å². The van der Waals surface area contributed by atoms with Crippen molar-refractivity contribution in [3.8, 4) is 0 Å². The molecular weight excluding hydrogens is 256 g/mol. The maximum Gasteiger partial charge on any atom is 0.493 e. The number of anilines is 1. The van der Waals surface area contributed by atoms with E-state index in [4.69, 9.17) is 11.6 Å². The third-order valence-corrected chi connectivity index (χ3v) is 3.29. The van der Waals surface area contributed by atoms with Crippen molar-refractivity contribution in [3.63, 3.8) is 0 Å². The van der Waals surface area contributed by atoms with Crippen molar-refractivity contribution in [2.75, 3.05) is 5.32 Å². The number of hydrogen-bond donors (Lipinski definition) is 4. The highest BCUT2D eigenvalue weighted by molar-refractivity contribution is 6.60. The van der Waals surface area contributed by atoms with E-state index in [-0.39, 0.29) is 22.9 Å². The molecular formula is C10H15BClN3O3. The zero-order chi connectivity index (χ0) is 13.1. The molecule has 1 heterocycles. The molecule has 0 amide bonds. The van der Waals surface area contributed by atoms with Gasteiger partial charge in [0.2, 0.25) is 5.28 Å². The zero-order valence-corrected chi connectivity index (χ0v) is 10.5. The van der Waals surface area contributed by atoms with Crippen LogP contribution in [-0.2, 0) is 0 Å². The Balaban J connectivity index is 2.10. The van der Waals surface area contributed by atoms with E-state index in [9.17, 15) is 15.2 Å². The normalized spacial score (nSPS) is 23.8. The van der Waals surface area contributed by atoms with Crippen molar-refractivity contribution in [2.24, 2.45) is 0 Å². The Morgan fingerprint density at radius 1 is 1.28 bits per heavy atom. The van der Waals surface area contributed by atoms with Gasteiger partial charge in [0, 0.05) is 17.7 Å². The average molecular weight is 272 g/mol. The van der Waals surface area contributed by atoms with E-state index >= 15 is 0 Å². The number of aliphatic hydroxyl groups is 1. The third kappa shape index (κ3) is 3.32.